The zero-order valence-electron chi connectivity index (χ0n) is 9.30. The molecular weight excluding hydrogens is 194 g/mol. The molecule has 86 valence electrons. The van der Waals surface area contributed by atoms with Crippen molar-refractivity contribution in [2.75, 3.05) is 20.1 Å². The van der Waals surface area contributed by atoms with Crippen molar-refractivity contribution in [3.05, 3.63) is 0 Å². The van der Waals surface area contributed by atoms with Crippen molar-refractivity contribution >= 4 is 11.8 Å². The summed E-state index contributed by atoms with van der Waals surface area (Å²) in [6.07, 6.45) is 2.23. The van der Waals surface area contributed by atoms with Crippen molar-refractivity contribution in [2.45, 2.75) is 25.8 Å². The van der Waals surface area contributed by atoms with Gasteiger partial charge in [-0.1, -0.05) is 0 Å². The smallest absolute Gasteiger partial charge is 0.309 e. The summed E-state index contributed by atoms with van der Waals surface area (Å²) >= 11 is 0. The topological polar surface area (TPSA) is 70.2 Å². The molecule has 0 bridgehead atoms. The summed E-state index contributed by atoms with van der Waals surface area (Å²) < 4.78 is 0. The monoisotopic (exact) mass is 213 g/mol. The average molecular weight is 213 g/mol. The van der Waals surface area contributed by atoms with Gasteiger partial charge in [0.15, 0.2) is 0 Å². The van der Waals surface area contributed by atoms with Gasteiger partial charge >= 0.3 is 11.8 Å². The van der Waals surface area contributed by atoms with Crippen LogP contribution in [0.1, 0.15) is 19.8 Å². The Morgan fingerprint density at radius 2 is 2.13 bits per heavy atom. The number of hydrogen-bond acceptors (Lipinski definition) is 3. The predicted octanol–water partition coefficient (Wildman–Crippen LogP) is -0.763. The molecule has 15 heavy (non-hydrogen) atoms. The normalized spacial score (nSPS) is 22.9. The maximum atomic E-state index is 11.3. The van der Waals surface area contributed by atoms with Crippen LogP contribution in [0, 0.1) is 5.92 Å². The molecule has 3 N–H and O–H groups in total. The van der Waals surface area contributed by atoms with E-state index in [1.807, 2.05) is 6.92 Å². The van der Waals surface area contributed by atoms with Gasteiger partial charge in [0.2, 0.25) is 0 Å². The average Bonchev–Trinajstić information content (AvgIpc) is 2.29. The number of carbonyl (C=O) groups excluding carboxylic acids is 2. The van der Waals surface area contributed by atoms with E-state index in [2.05, 4.69) is 16.0 Å². The largest absolute Gasteiger partial charge is 0.351 e. The minimum Gasteiger partial charge on any atom is -0.351 e. The second-order valence-corrected chi connectivity index (χ2v) is 3.95. The number of likely N-dealkylation sites (N-methyl/N-ethyl adjacent to an activating group) is 1. The van der Waals surface area contributed by atoms with Crippen LogP contribution in [0.5, 0.6) is 0 Å². The number of hydrogen-bond donors (Lipinski definition) is 3. The molecule has 1 aliphatic rings. The highest BCUT2D eigenvalue weighted by atomic mass is 16.2. The summed E-state index contributed by atoms with van der Waals surface area (Å²) in [6.45, 7) is 3.90. The molecule has 1 fully saturated rings. The summed E-state index contributed by atoms with van der Waals surface area (Å²) in [5.74, 6) is -0.700. The molecule has 1 saturated heterocycles. The van der Waals surface area contributed by atoms with Gasteiger partial charge in [0.05, 0.1) is 0 Å². The Bertz CT molecular complexity index is 237. The van der Waals surface area contributed by atoms with E-state index in [4.69, 9.17) is 0 Å². The van der Waals surface area contributed by atoms with Gasteiger partial charge in [0.25, 0.3) is 0 Å². The molecule has 1 heterocycles. The highest BCUT2D eigenvalue weighted by Crippen LogP contribution is 2.13. The Hall–Kier alpha value is -1.10. The van der Waals surface area contributed by atoms with Gasteiger partial charge in [0.1, 0.15) is 0 Å². The van der Waals surface area contributed by atoms with Crippen LogP contribution in [0.25, 0.3) is 0 Å². The number of rotatable bonds is 2. The molecule has 0 radical (unpaired) electrons. The lowest BCUT2D eigenvalue weighted by Crippen LogP contribution is -2.48. The summed E-state index contributed by atoms with van der Waals surface area (Å²) in [5, 5.41) is 8.30. The van der Waals surface area contributed by atoms with Crippen molar-refractivity contribution < 1.29 is 9.59 Å². The maximum Gasteiger partial charge on any atom is 0.309 e. The van der Waals surface area contributed by atoms with E-state index >= 15 is 0 Å². The SMILES string of the molecule is CNC(=O)C(=O)NC(C)C1CCCNC1. The molecule has 2 unspecified atom stereocenters. The lowest BCUT2D eigenvalue weighted by molar-refractivity contribution is -0.139. The Balaban J connectivity index is 2.36. The summed E-state index contributed by atoms with van der Waals surface area (Å²) in [5.41, 5.74) is 0. The fraction of sp³-hybridized carbons (Fsp3) is 0.800. The van der Waals surface area contributed by atoms with Crippen LogP contribution < -0.4 is 16.0 Å². The second kappa shape index (κ2) is 5.70. The lowest BCUT2D eigenvalue weighted by Gasteiger charge is -2.28. The van der Waals surface area contributed by atoms with Crippen molar-refractivity contribution in [1.29, 1.82) is 0 Å². The van der Waals surface area contributed by atoms with Crippen LogP contribution in [0.3, 0.4) is 0 Å². The number of carbonyl (C=O) groups is 2. The van der Waals surface area contributed by atoms with Crippen molar-refractivity contribution in [1.82, 2.24) is 16.0 Å². The Morgan fingerprint density at radius 1 is 1.40 bits per heavy atom. The first-order valence-electron chi connectivity index (χ1n) is 5.38. The highest BCUT2D eigenvalue weighted by Gasteiger charge is 2.23. The van der Waals surface area contributed by atoms with Gasteiger partial charge < -0.3 is 16.0 Å². The molecule has 2 atom stereocenters. The van der Waals surface area contributed by atoms with Crippen molar-refractivity contribution in [2.24, 2.45) is 5.92 Å². The van der Waals surface area contributed by atoms with Gasteiger partial charge in [-0.3, -0.25) is 9.59 Å². The van der Waals surface area contributed by atoms with E-state index in [1.165, 1.54) is 7.05 Å². The first-order valence-corrected chi connectivity index (χ1v) is 5.38. The zero-order chi connectivity index (χ0) is 11.3. The summed E-state index contributed by atoms with van der Waals surface area (Å²) in [7, 11) is 1.45. The van der Waals surface area contributed by atoms with Gasteiger partial charge in [-0.2, -0.15) is 0 Å². The third-order valence-corrected chi connectivity index (χ3v) is 2.83. The van der Waals surface area contributed by atoms with E-state index in [0.717, 1.165) is 25.9 Å². The standard InChI is InChI=1S/C10H19N3O2/c1-7(8-4-3-5-12-6-8)13-10(15)9(14)11-2/h7-8,12H,3-6H2,1-2H3,(H,11,14)(H,13,15). The molecule has 2 amide bonds. The lowest BCUT2D eigenvalue weighted by atomic mass is 9.93. The van der Waals surface area contributed by atoms with Gasteiger partial charge in [0, 0.05) is 13.1 Å². The summed E-state index contributed by atoms with van der Waals surface area (Å²) in [4.78, 5) is 22.3. The van der Waals surface area contributed by atoms with Gasteiger partial charge in [-0.15, -0.1) is 0 Å². The fourth-order valence-corrected chi connectivity index (χ4v) is 1.81. The third-order valence-electron chi connectivity index (χ3n) is 2.83. The molecule has 1 rings (SSSR count). The minimum atomic E-state index is -0.578. The molecule has 0 spiro atoms. The first-order chi connectivity index (χ1) is 7.15. The maximum absolute atomic E-state index is 11.3. The molecule has 0 aromatic carbocycles. The van der Waals surface area contributed by atoms with E-state index in [1.54, 1.807) is 0 Å². The Labute approximate surface area is 90.0 Å². The summed E-state index contributed by atoms with van der Waals surface area (Å²) in [6, 6.07) is 0.0441. The number of amides is 2. The molecule has 5 heteroatoms. The van der Waals surface area contributed by atoms with E-state index in [-0.39, 0.29) is 6.04 Å². The molecule has 0 aromatic rings. The minimum absolute atomic E-state index is 0.0441. The van der Waals surface area contributed by atoms with E-state index in [0.29, 0.717) is 5.92 Å². The fourth-order valence-electron chi connectivity index (χ4n) is 1.81. The third kappa shape index (κ3) is 3.51. The molecule has 1 aliphatic heterocycles. The first kappa shape index (κ1) is 12.0. The predicted molar refractivity (Wildman–Crippen MR) is 57.3 cm³/mol. The number of piperidine rings is 1. The van der Waals surface area contributed by atoms with Crippen LogP contribution in [-0.4, -0.2) is 38.0 Å². The zero-order valence-corrected chi connectivity index (χ0v) is 9.30. The molecular formula is C10H19N3O2. The van der Waals surface area contributed by atoms with Gasteiger partial charge in [-0.05, 0) is 38.8 Å². The van der Waals surface area contributed by atoms with Crippen LogP contribution >= 0.6 is 0 Å². The van der Waals surface area contributed by atoms with Gasteiger partial charge in [-0.25, -0.2) is 0 Å². The van der Waals surface area contributed by atoms with E-state index < -0.39 is 11.8 Å². The highest BCUT2D eigenvalue weighted by molar-refractivity contribution is 6.35. The van der Waals surface area contributed by atoms with Crippen LogP contribution in [0.15, 0.2) is 0 Å². The Kier molecular flexibility index (Phi) is 4.55. The number of nitrogens with one attached hydrogen (secondary N) is 3. The Morgan fingerprint density at radius 3 is 2.67 bits per heavy atom. The quantitative estimate of drug-likeness (QED) is 0.528. The second-order valence-electron chi connectivity index (χ2n) is 3.95. The van der Waals surface area contributed by atoms with Crippen molar-refractivity contribution in [3.63, 3.8) is 0 Å². The van der Waals surface area contributed by atoms with Crippen LogP contribution in [-0.2, 0) is 9.59 Å². The molecule has 0 aromatic heterocycles. The van der Waals surface area contributed by atoms with E-state index in [9.17, 15) is 9.59 Å². The molecule has 0 saturated carbocycles. The van der Waals surface area contributed by atoms with Crippen molar-refractivity contribution in [3.8, 4) is 0 Å². The van der Waals surface area contributed by atoms with Crippen LogP contribution in [0.2, 0.25) is 0 Å². The van der Waals surface area contributed by atoms with Crippen LogP contribution in [0.4, 0.5) is 0 Å². The molecule has 0 aliphatic carbocycles. The molecule has 5 nitrogen and oxygen atoms in total.